The Kier molecular flexibility index (Phi) is 9.95. The Morgan fingerprint density at radius 1 is 0.829 bits per heavy atom. The number of carbonyl (C=O) groups is 3. The average molecular weight is 474 g/mol. The second kappa shape index (κ2) is 13.6. The van der Waals surface area contributed by atoms with Gasteiger partial charge in [0.05, 0.1) is 12.2 Å². The zero-order chi connectivity index (χ0) is 24.9. The summed E-state index contributed by atoms with van der Waals surface area (Å²) < 4.78 is 0. The summed E-state index contributed by atoms with van der Waals surface area (Å²) >= 11 is 0. The van der Waals surface area contributed by atoms with Crippen LogP contribution in [0, 0.1) is 0 Å². The lowest BCUT2D eigenvalue weighted by atomic mass is 10.1. The number of carbonyl (C=O) groups excluding carboxylic acids is 3. The molecule has 3 rings (SSSR count). The first-order valence-electron chi connectivity index (χ1n) is 11.5. The Bertz CT molecular complexity index is 1040. The van der Waals surface area contributed by atoms with Gasteiger partial charge >= 0.3 is 0 Å². The van der Waals surface area contributed by atoms with E-state index in [1.807, 2.05) is 78.9 Å². The Hall–Kier alpha value is -4.04. The second-order valence-electron chi connectivity index (χ2n) is 8.26. The minimum Gasteiger partial charge on any atom is -0.368 e. The van der Waals surface area contributed by atoms with E-state index in [0.717, 1.165) is 16.8 Å². The molecule has 35 heavy (non-hydrogen) atoms. The summed E-state index contributed by atoms with van der Waals surface area (Å²) in [4.78, 5) is 43.1. The summed E-state index contributed by atoms with van der Waals surface area (Å²) in [7, 11) is 0. The molecular formula is C27H31N5O3. The third kappa shape index (κ3) is 9.38. The molecule has 0 unspecified atom stereocenters. The number of rotatable bonds is 13. The molecule has 0 fully saturated rings. The highest BCUT2D eigenvalue weighted by Crippen LogP contribution is 2.09. The van der Waals surface area contributed by atoms with Crippen LogP contribution in [-0.4, -0.2) is 46.7 Å². The van der Waals surface area contributed by atoms with E-state index in [4.69, 9.17) is 5.73 Å². The summed E-state index contributed by atoms with van der Waals surface area (Å²) in [6.07, 6.45) is 2.26. The molecule has 8 nitrogen and oxygen atoms in total. The van der Waals surface area contributed by atoms with Crippen molar-refractivity contribution in [3.63, 3.8) is 0 Å². The fourth-order valence-electron chi connectivity index (χ4n) is 3.62. The van der Waals surface area contributed by atoms with Crippen LogP contribution in [0.15, 0.2) is 85.1 Å². The van der Waals surface area contributed by atoms with Crippen molar-refractivity contribution < 1.29 is 14.4 Å². The van der Waals surface area contributed by atoms with Crippen LogP contribution in [0.2, 0.25) is 0 Å². The quantitative estimate of drug-likeness (QED) is 0.350. The number of primary amides is 1. The van der Waals surface area contributed by atoms with Gasteiger partial charge in [0.2, 0.25) is 17.7 Å². The fourth-order valence-corrected chi connectivity index (χ4v) is 3.62. The Morgan fingerprint density at radius 2 is 1.49 bits per heavy atom. The summed E-state index contributed by atoms with van der Waals surface area (Å²) in [6.45, 7) is 1.54. The molecule has 0 aliphatic carbocycles. The topological polar surface area (TPSA) is 117 Å². The van der Waals surface area contributed by atoms with E-state index in [-0.39, 0.29) is 25.3 Å². The van der Waals surface area contributed by atoms with Crippen molar-refractivity contribution in [3.8, 4) is 0 Å². The molecule has 1 heterocycles. The van der Waals surface area contributed by atoms with E-state index in [2.05, 4.69) is 20.5 Å². The number of pyridine rings is 1. The van der Waals surface area contributed by atoms with Crippen molar-refractivity contribution in [2.24, 2.45) is 5.73 Å². The highest BCUT2D eigenvalue weighted by molar-refractivity contribution is 5.89. The number of nitrogens with zero attached hydrogens (tertiary/aromatic N) is 2. The average Bonchev–Trinajstić information content (AvgIpc) is 2.87. The van der Waals surface area contributed by atoms with Crippen molar-refractivity contribution in [2.45, 2.75) is 32.0 Å². The number of amides is 3. The molecule has 3 amide bonds. The molecule has 0 radical (unpaired) electrons. The van der Waals surface area contributed by atoms with Gasteiger partial charge in [-0.1, -0.05) is 66.7 Å². The van der Waals surface area contributed by atoms with Crippen molar-refractivity contribution in [3.05, 3.63) is 102 Å². The molecule has 0 spiro atoms. The van der Waals surface area contributed by atoms with Crippen molar-refractivity contribution in [1.29, 1.82) is 0 Å². The predicted octanol–water partition coefficient (Wildman–Crippen LogP) is 1.80. The largest absolute Gasteiger partial charge is 0.368 e. The molecule has 4 N–H and O–H groups in total. The van der Waals surface area contributed by atoms with Crippen LogP contribution in [0.25, 0.3) is 0 Å². The number of hydrogen-bond acceptors (Lipinski definition) is 5. The van der Waals surface area contributed by atoms with Gasteiger partial charge < -0.3 is 16.4 Å². The summed E-state index contributed by atoms with van der Waals surface area (Å²) in [5, 5.41) is 5.23. The Morgan fingerprint density at radius 3 is 2.11 bits per heavy atom. The van der Waals surface area contributed by atoms with E-state index < -0.39 is 17.9 Å². The van der Waals surface area contributed by atoms with Crippen LogP contribution in [0.4, 0.5) is 0 Å². The van der Waals surface area contributed by atoms with Crippen LogP contribution in [0.1, 0.15) is 23.2 Å². The molecule has 2 aromatic carbocycles. The zero-order valence-electron chi connectivity index (χ0n) is 19.6. The van der Waals surface area contributed by atoms with Gasteiger partial charge in [-0.3, -0.25) is 24.3 Å². The van der Waals surface area contributed by atoms with E-state index in [9.17, 15) is 14.4 Å². The maximum atomic E-state index is 12.4. The predicted molar refractivity (Wildman–Crippen MR) is 134 cm³/mol. The lowest BCUT2D eigenvalue weighted by Crippen LogP contribution is -2.49. The van der Waals surface area contributed by atoms with Gasteiger partial charge in [0.25, 0.3) is 0 Å². The molecule has 0 saturated carbocycles. The van der Waals surface area contributed by atoms with Gasteiger partial charge in [-0.05, 0) is 23.3 Å². The highest BCUT2D eigenvalue weighted by atomic mass is 16.2. The number of nitrogens with two attached hydrogens (primary N) is 1. The molecule has 0 bridgehead atoms. The van der Waals surface area contributed by atoms with Crippen LogP contribution < -0.4 is 16.4 Å². The maximum Gasteiger partial charge on any atom is 0.240 e. The summed E-state index contributed by atoms with van der Waals surface area (Å²) in [5.74, 6) is -1.34. The van der Waals surface area contributed by atoms with E-state index in [1.165, 1.54) is 0 Å². The third-order valence-electron chi connectivity index (χ3n) is 5.42. The van der Waals surface area contributed by atoms with Gasteiger partial charge in [-0.25, -0.2) is 0 Å². The third-order valence-corrected chi connectivity index (χ3v) is 5.42. The van der Waals surface area contributed by atoms with Gasteiger partial charge in [0, 0.05) is 38.7 Å². The highest BCUT2D eigenvalue weighted by Gasteiger charge is 2.19. The van der Waals surface area contributed by atoms with Gasteiger partial charge in [-0.15, -0.1) is 0 Å². The summed E-state index contributed by atoms with van der Waals surface area (Å²) in [6, 6.07) is 24.2. The number of hydrogen-bond donors (Lipinski definition) is 3. The van der Waals surface area contributed by atoms with E-state index in [1.54, 1.807) is 6.20 Å². The Balaban J connectivity index is 1.48. The first kappa shape index (κ1) is 25.6. The molecule has 8 heteroatoms. The standard InChI is InChI=1S/C27H31N5O3/c28-27(35)24(17-21-9-3-1-4-10-21)31-26(34)18-30-25(33)14-16-32(19-22-11-5-2-6-12-22)20-23-13-7-8-15-29-23/h1-13,15,24H,14,16-20H2,(H2,28,35)(H,30,33)(H,31,34)/t24-/m0/s1. The fraction of sp³-hybridized carbons (Fsp3) is 0.259. The molecule has 3 aromatic rings. The molecule has 1 aromatic heterocycles. The maximum absolute atomic E-state index is 12.4. The van der Waals surface area contributed by atoms with Crippen LogP contribution in [-0.2, 0) is 33.9 Å². The van der Waals surface area contributed by atoms with Gasteiger partial charge in [0.15, 0.2) is 0 Å². The number of aromatic nitrogens is 1. The van der Waals surface area contributed by atoms with Crippen LogP contribution in [0.5, 0.6) is 0 Å². The van der Waals surface area contributed by atoms with Crippen molar-refractivity contribution in [2.75, 3.05) is 13.1 Å². The summed E-state index contributed by atoms with van der Waals surface area (Å²) in [5.41, 5.74) is 8.38. The first-order chi connectivity index (χ1) is 17.0. The molecule has 0 saturated heterocycles. The minimum atomic E-state index is -0.846. The monoisotopic (exact) mass is 473 g/mol. The lowest BCUT2D eigenvalue weighted by molar-refractivity contribution is -0.128. The lowest BCUT2D eigenvalue weighted by Gasteiger charge is -2.22. The van der Waals surface area contributed by atoms with Gasteiger partial charge in [-0.2, -0.15) is 0 Å². The normalized spacial score (nSPS) is 11.6. The molecule has 0 aliphatic heterocycles. The van der Waals surface area contributed by atoms with Crippen molar-refractivity contribution >= 4 is 17.7 Å². The van der Waals surface area contributed by atoms with Crippen molar-refractivity contribution in [1.82, 2.24) is 20.5 Å². The van der Waals surface area contributed by atoms with E-state index >= 15 is 0 Å². The second-order valence-corrected chi connectivity index (χ2v) is 8.26. The molecule has 1 atom stereocenters. The SMILES string of the molecule is NC(=O)[C@H](Cc1ccccc1)NC(=O)CNC(=O)CCN(Cc1ccccc1)Cc1ccccn1. The smallest absolute Gasteiger partial charge is 0.240 e. The van der Waals surface area contributed by atoms with E-state index in [0.29, 0.717) is 19.6 Å². The number of benzene rings is 2. The molecule has 0 aliphatic rings. The molecule has 182 valence electrons. The zero-order valence-corrected chi connectivity index (χ0v) is 19.6. The van der Waals surface area contributed by atoms with Crippen LogP contribution in [0.3, 0.4) is 0 Å². The Labute approximate surface area is 205 Å². The van der Waals surface area contributed by atoms with Gasteiger partial charge in [0.1, 0.15) is 6.04 Å². The first-order valence-corrected chi connectivity index (χ1v) is 11.5. The minimum absolute atomic E-state index is 0.218. The number of nitrogens with one attached hydrogen (secondary N) is 2. The van der Waals surface area contributed by atoms with Crippen LogP contribution >= 0.6 is 0 Å². The molecular weight excluding hydrogens is 442 g/mol.